The van der Waals surface area contributed by atoms with Crippen molar-refractivity contribution in [3.63, 3.8) is 0 Å². The van der Waals surface area contributed by atoms with E-state index in [4.69, 9.17) is 27.9 Å². The van der Waals surface area contributed by atoms with E-state index in [1.165, 1.54) is 14.0 Å². The van der Waals surface area contributed by atoms with Crippen LogP contribution in [-0.2, 0) is 56.0 Å². The zero-order chi connectivity index (χ0) is 24.6. The molecule has 1 aliphatic heterocycles. The Morgan fingerprint density at radius 3 is 2.09 bits per heavy atom. The molecule has 0 aliphatic carbocycles. The molecular formula is C24H30O9S. The second-order valence-corrected chi connectivity index (χ2v) is 9.67. The summed E-state index contributed by atoms with van der Waals surface area (Å²) in [6.45, 7) is 1.14. The van der Waals surface area contributed by atoms with Gasteiger partial charge in [-0.05, 0) is 11.1 Å². The number of benzene rings is 2. The van der Waals surface area contributed by atoms with Gasteiger partial charge >= 0.3 is 5.97 Å². The molecule has 1 saturated heterocycles. The molecule has 0 radical (unpaired) electrons. The van der Waals surface area contributed by atoms with Gasteiger partial charge in [0.1, 0.15) is 18.3 Å². The SMILES string of the molecule is COC1O[C@@](COCc2ccccc2)(COS(C)(=O)=O)[C@@H](OCc2ccccc2)[C@H]1OC(C)=O. The molecule has 9 nitrogen and oxygen atoms in total. The highest BCUT2D eigenvalue weighted by molar-refractivity contribution is 7.85. The Labute approximate surface area is 200 Å². The van der Waals surface area contributed by atoms with Gasteiger partial charge in [0.25, 0.3) is 10.1 Å². The summed E-state index contributed by atoms with van der Waals surface area (Å²) in [5.41, 5.74) is 0.349. The van der Waals surface area contributed by atoms with Crippen LogP contribution in [0.2, 0.25) is 0 Å². The molecule has 2 aromatic rings. The van der Waals surface area contributed by atoms with E-state index in [0.29, 0.717) is 0 Å². The lowest BCUT2D eigenvalue weighted by Crippen LogP contribution is -2.53. The minimum Gasteiger partial charge on any atom is -0.454 e. The van der Waals surface area contributed by atoms with Crippen LogP contribution in [0.4, 0.5) is 0 Å². The molecule has 0 spiro atoms. The van der Waals surface area contributed by atoms with E-state index in [1.54, 1.807) is 0 Å². The molecule has 0 amide bonds. The Balaban J connectivity index is 1.89. The van der Waals surface area contributed by atoms with Crippen LogP contribution in [0.3, 0.4) is 0 Å². The lowest BCUT2D eigenvalue weighted by Gasteiger charge is -2.34. The summed E-state index contributed by atoms with van der Waals surface area (Å²) in [7, 11) is -2.43. The number of hydrogen-bond acceptors (Lipinski definition) is 9. The summed E-state index contributed by atoms with van der Waals surface area (Å²) < 4.78 is 58.0. The first kappa shape index (κ1) is 26.3. The van der Waals surface area contributed by atoms with E-state index in [9.17, 15) is 13.2 Å². The lowest BCUT2D eigenvalue weighted by molar-refractivity contribution is -0.208. The number of ether oxygens (including phenoxy) is 5. The van der Waals surface area contributed by atoms with Gasteiger partial charge < -0.3 is 23.7 Å². The van der Waals surface area contributed by atoms with E-state index in [0.717, 1.165) is 17.4 Å². The molecule has 0 bridgehead atoms. The molecule has 1 fully saturated rings. The van der Waals surface area contributed by atoms with E-state index < -0.39 is 46.8 Å². The Hall–Kier alpha value is -2.34. The van der Waals surface area contributed by atoms with Crippen molar-refractivity contribution in [2.24, 2.45) is 0 Å². The van der Waals surface area contributed by atoms with Crippen LogP contribution in [0.25, 0.3) is 0 Å². The maximum atomic E-state index is 11.9. The average Bonchev–Trinajstić information content (AvgIpc) is 3.09. The molecule has 186 valence electrons. The lowest BCUT2D eigenvalue weighted by atomic mass is 9.96. The van der Waals surface area contributed by atoms with Crippen molar-refractivity contribution >= 4 is 16.1 Å². The number of esters is 1. The van der Waals surface area contributed by atoms with Crippen LogP contribution in [0.5, 0.6) is 0 Å². The molecule has 1 aliphatic rings. The average molecular weight is 495 g/mol. The normalized spacial score (nSPS) is 24.7. The van der Waals surface area contributed by atoms with Gasteiger partial charge in [-0.15, -0.1) is 0 Å². The second-order valence-electron chi connectivity index (χ2n) is 8.02. The number of hydrogen-bond donors (Lipinski definition) is 0. The Kier molecular flexibility index (Phi) is 9.17. The van der Waals surface area contributed by atoms with Crippen molar-refractivity contribution in [2.45, 2.75) is 44.2 Å². The highest BCUT2D eigenvalue weighted by atomic mass is 32.2. The largest absolute Gasteiger partial charge is 0.454 e. The number of carbonyl (C=O) groups is 1. The number of rotatable bonds is 12. The third-order valence-corrected chi connectivity index (χ3v) is 5.76. The third kappa shape index (κ3) is 7.33. The van der Waals surface area contributed by atoms with Crippen molar-refractivity contribution in [1.29, 1.82) is 0 Å². The van der Waals surface area contributed by atoms with E-state index in [-0.39, 0.29) is 19.8 Å². The van der Waals surface area contributed by atoms with Gasteiger partial charge in [0.05, 0.1) is 26.1 Å². The van der Waals surface area contributed by atoms with Gasteiger partial charge in [-0.1, -0.05) is 60.7 Å². The predicted octanol–water partition coefficient (Wildman–Crippen LogP) is 2.44. The number of carbonyl (C=O) groups excluding carboxylic acids is 1. The standard InChI is InChI=1S/C24H30O9S/c1-18(25)32-21-22(30-15-20-12-8-5-9-13-20)24(33-23(21)28-2,17-31-34(3,26)27)16-29-14-19-10-6-4-7-11-19/h4-13,21-23H,14-17H2,1-3H3/t21-,22+,23?,24+/m1/s1. The smallest absolute Gasteiger partial charge is 0.303 e. The van der Waals surface area contributed by atoms with E-state index >= 15 is 0 Å². The van der Waals surface area contributed by atoms with Gasteiger partial charge in [0, 0.05) is 14.0 Å². The third-order valence-electron chi connectivity index (χ3n) is 5.22. The Morgan fingerprint density at radius 2 is 1.56 bits per heavy atom. The molecule has 1 unspecified atom stereocenters. The van der Waals surface area contributed by atoms with Crippen LogP contribution in [0.15, 0.2) is 60.7 Å². The maximum Gasteiger partial charge on any atom is 0.303 e. The minimum absolute atomic E-state index is 0.103. The van der Waals surface area contributed by atoms with Gasteiger partial charge in [-0.3, -0.25) is 8.98 Å². The van der Waals surface area contributed by atoms with Crippen molar-refractivity contribution < 1.29 is 41.1 Å². The summed E-state index contributed by atoms with van der Waals surface area (Å²) in [5.74, 6) is -0.561. The zero-order valence-corrected chi connectivity index (χ0v) is 20.2. The molecule has 10 heteroatoms. The monoisotopic (exact) mass is 494 g/mol. The number of methoxy groups -OCH3 is 1. The molecule has 3 rings (SSSR count). The van der Waals surface area contributed by atoms with Crippen LogP contribution >= 0.6 is 0 Å². The fourth-order valence-corrected chi connectivity index (χ4v) is 4.12. The van der Waals surface area contributed by atoms with Gasteiger partial charge in [0.2, 0.25) is 0 Å². The van der Waals surface area contributed by atoms with E-state index in [2.05, 4.69) is 0 Å². The molecular weight excluding hydrogens is 464 g/mol. The van der Waals surface area contributed by atoms with Crippen LogP contribution in [0, 0.1) is 0 Å². The summed E-state index contributed by atoms with van der Waals surface area (Å²) in [6, 6.07) is 18.8. The predicted molar refractivity (Wildman–Crippen MR) is 122 cm³/mol. The summed E-state index contributed by atoms with van der Waals surface area (Å²) in [6.07, 6.45) is -2.00. The summed E-state index contributed by atoms with van der Waals surface area (Å²) >= 11 is 0. The summed E-state index contributed by atoms with van der Waals surface area (Å²) in [4.78, 5) is 11.9. The quantitative estimate of drug-likeness (QED) is 0.325. The van der Waals surface area contributed by atoms with Crippen LogP contribution in [-0.4, -0.2) is 65.1 Å². The molecule has 0 saturated carbocycles. The molecule has 2 aromatic carbocycles. The van der Waals surface area contributed by atoms with Crippen molar-refractivity contribution in [3.05, 3.63) is 71.8 Å². The molecule has 0 aromatic heterocycles. The first-order chi connectivity index (χ1) is 16.2. The molecule has 0 N–H and O–H groups in total. The molecule has 4 atom stereocenters. The van der Waals surface area contributed by atoms with Crippen molar-refractivity contribution in [2.75, 3.05) is 26.6 Å². The highest BCUT2D eigenvalue weighted by Gasteiger charge is 2.59. The van der Waals surface area contributed by atoms with E-state index in [1.807, 2.05) is 60.7 Å². The van der Waals surface area contributed by atoms with Gasteiger partial charge in [0.15, 0.2) is 12.4 Å². The van der Waals surface area contributed by atoms with Crippen LogP contribution in [0.1, 0.15) is 18.1 Å². The van der Waals surface area contributed by atoms with Crippen molar-refractivity contribution in [1.82, 2.24) is 0 Å². The molecule has 1 heterocycles. The first-order valence-corrected chi connectivity index (χ1v) is 12.5. The zero-order valence-electron chi connectivity index (χ0n) is 19.4. The minimum atomic E-state index is -3.82. The van der Waals surface area contributed by atoms with Crippen molar-refractivity contribution in [3.8, 4) is 0 Å². The Morgan fingerprint density at radius 1 is 0.971 bits per heavy atom. The Bertz CT molecular complexity index is 1010. The highest BCUT2D eigenvalue weighted by Crippen LogP contribution is 2.38. The molecule has 34 heavy (non-hydrogen) atoms. The topological polar surface area (TPSA) is 107 Å². The fraction of sp³-hybridized carbons (Fsp3) is 0.458. The van der Waals surface area contributed by atoms with Gasteiger partial charge in [-0.2, -0.15) is 8.42 Å². The second kappa shape index (κ2) is 11.9. The fourth-order valence-electron chi connectivity index (χ4n) is 3.70. The first-order valence-electron chi connectivity index (χ1n) is 10.7. The maximum absolute atomic E-state index is 11.9. The van der Waals surface area contributed by atoms with Gasteiger partial charge in [-0.25, -0.2) is 0 Å². The summed E-state index contributed by atoms with van der Waals surface area (Å²) in [5, 5.41) is 0. The van der Waals surface area contributed by atoms with Crippen LogP contribution < -0.4 is 0 Å².